The molecule has 0 saturated carbocycles. The molecule has 0 aliphatic heterocycles. The molecule has 0 unspecified atom stereocenters. The minimum Gasteiger partial charge on any atom is -0.340 e. The van der Waals surface area contributed by atoms with Gasteiger partial charge in [-0.25, -0.2) is 4.39 Å². The van der Waals surface area contributed by atoms with Crippen LogP contribution in [-0.2, 0) is 24.1 Å². The highest BCUT2D eigenvalue weighted by Crippen LogP contribution is 2.22. The van der Waals surface area contributed by atoms with E-state index in [0.29, 0.717) is 23.0 Å². The van der Waals surface area contributed by atoms with Crippen LogP contribution in [-0.4, -0.2) is 51.9 Å². The molecule has 4 rings (SSSR count). The summed E-state index contributed by atoms with van der Waals surface area (Å²) >= 11 is 7.39. The minimum absolute atomic E-state index is 0. The summed E-state index contributed by atoms with van der Waals surface area (Å²) in [6, 6.07) is 22.5. The average Bonchev–Trinajstić information content (AvgIpc) is 3.00. The maximum Gasteiger partial charge on any atom is 0.276 e. The summed E-state index contributed by atoms with van der Waals surface area (Å²) in [7, 11) is 1.85. The first-order chi connectivity index (χ1) is 20.2. The Hall–Kier alpha value is -3.17. The first kappa shape index (κ1) is 36.0. The number of benzene rings is 3. The third kappa shape index (κ3) is 11.8. The predicted molar refractivity (Wildman–Crippen MR) is 179 cm³/mol. The Bertz CT molecular complexity index is 1460. The fourth-order valence-corrected chi connectivity index (χ4v) is 5.19. The van der Waals surface area contributed by atoms with E-state index in [4.69, 9.17) is 11.6 Å². The molecule has 0 N–H and O–H groups in total. The van der Waals surface area contributed by atoms with Crippen LogP contribution in [0.4, 0.5) is 4.39 Å². The largest absolute Gasteiger partial charge is 0.340 e. The van der Waals surface area contributed by atoms with Gasteiger partial charge in [0.1, 0.15) is 5.82 Å². The van der Waals surface area contributed by atoms with Crippen molar-refractivity contribution in [3.05, 3.63) is 117 Å². The van der Waals surface area contributed by atoms with Gasteiger partial charge in [0.2, 0.25) is 6.41 Å². The van der Waals surface area contributed by atoms with Gasteiger partial charge in [0.05, 0.1) is 0 Å². The van der Waals surface area contributed by atoms with Gasteiger partial charge in [-0.2, -0.15) is 4.98 Å². The molecule has 10 heteroatoms. The van der Waals surface area contributed by atoms with E-state index in [1.807, 2.05) is 40.8 Å². The molecule has 0 bridgehead atoms. The maximum atomic E-state index is 12.7. The van der Waals surface area contributed by atoms with Crippen molar-refractivity contribution >= 4 is 42.2 Å². The number of thioether (sulfide) groups is 1. The molecule has 230 valence electrons. The smallest absolute Gasteiger partial charge is 0.276 e. The molecule has 3 aromatic carbocycles. The number of hydrogen-bond donors (Lipinski definition) is 0. The van der Waals surface area contributed by atoms with Crippen molar-refractivity contribution in [2.45, 2.75) is 38.2 Å². The number of carbonyl (C=O) groups excluding carboxylic acids is 1. The third-order valence-electron chi connectivity index (χ3n) is 6.77. The number of amides is 1. The van der Waals surface area contributed by atoms with Crippen LogP contribution >= 0.6 is 35.8 Å². The Morgan fingerprint density at radius 3 is 2.02 bits per heavy atom. The Labute approximate surface area is 269 Å². The normalized spacial score (nSPS) is 10.5. The van der Waals surface area contributed by atoms with Crippen LogP contribution in [0, 0.1) is 12.7 Å². The van der Waals surface area contributed by atoms with Crippen molar-refractivity contribution in [1.29, 1.82) is 0 Å². The number of halogens is 3. The first-order valence-corrected chi connectivity index (χ1v) is 15.3. The molecule has 43 heavy (non-hydrogen) atoms. The lowest BCUT2D eigenvalue weighted by Gasteiger charge is -2.23. The second-order valence-corrected chi connectivity index (χ2v) is 11.2. The van der Waals surface area contributed by atoms with Gasteiger partial charge >= 0.3 is 0 Å². The quantitative estimate of drug-likeness (QED) is 0.0924. The summed E-state index contributed by atoms with van der Waals surface area (Å²) in [4.78, 5) is 30.9. The average molecular weight is 646 g/mol. The van der Waals surface area contributed by atoms with Crippen LogP contribution in [0.15, 0.2) is 88.9 Å². The summed E-state index contributed by atoms with van der Waals surface area (Å²) in [5.41, 5.74) is 4.85. The topological polar surface area (TPSA) is 58.4 Å². The molecule has 0 saturated heterocycles. The summed E-state index contributed by atoms with van der Waals surface area (Å²) in [6.07, 6.45) is 2.71. The van der Waals surface area contributed by atoms with E-state index in [9.17, 15) is 14.0 Å². The highest BCUT2D eigenvalue weighted by Gasteiger charge is 2.07. The molecule has 6 nitrogen and oxygen atoms in total. The zero-order chi connectivity index (χ0) is 30.5. The van der Waals surface area contributed by atoms with Gasteiger partial charge in [-0.05, 0) is 66.5 Å². The van der Waals surface area contributed by atoms with E-state index >= 15 is 0 Å². The van der Waals surface area contributed by atoms with Crippen LogP contribution in [0.2, 0.25) is 5.02 Å². The fraction of sp³-hybridized carbons (Fsp3) is 0.303. The van der Waals surface area contributed by atoms with Gasteiger partial charge in [0.25, 0.3) is 5.56 Å². The highest BCUT2D eigenvalue weighted by atomic mass is 35.5. The lowest BCUT2D eigenvalue weighted by atomic mass is 10.0. The second kappa shape index (κ2) is 18.5. The monoisotopic (exact) mass is 644 g/mol. The Morgan fingerprint density at radius 2 is 1.47 bits per heavy atom. The number of aromatic nitrogens is 2. The molecule has 0 atom stereocenters. The molecule has 1 amide bonds. The zero-order valence-corrected chi connectivity index (χ0v) is 27.4. The molecular weight excluding hydrogens is 606 g/mol. The lowest BCUT2D eigenvalue weighted by Crippen LogP contribution is -2.34. The van der Waals surface area contributed by atoms with Crippen molar-refractivity contribution in [2.24, 2.45) is 7.05 Å². The van der Waals surface area contributed by atoms with E-state index in [-0.39, 0.29) is 23.8 Å². The molecule has 0 aliphatic rings. The second-order valence-electron chi connectivity index (χ2n) is 9.84. The van der Waals surface area contributed by atoms with E-state index < -0.39 is 0 Å². The van der Waals surface area contributed by atoms with E-state index in [0.717, 1.165) is 59.9 Å². The predicted octanol–water partition coefficient (Wildman–Crippen LogP) is 7.25. The number of hydrogen-bond acceptors (Lipinski definition) is 5. The van der Waals surface area contributed by atoms with Crippen molar-refractivity contribution in [3.8, 4) is 11.1 Å². The summed E-state index contributed by atoms with van der Waals surface area (Å²) in [5.74, 6) is 0.411. The van der Waals surface area contributed by atoms with Gasteiger partial charge in [-0.1, -0.05) is 85.7 Å². The number of rotatable bonds is 12. The van der Waals surface area contributed by atoms with Crippen molar-refractivity contribution in [3.63, 3.8) is 0 Å². The number of aryl methyl sites for hydroxylation is 2. The number of nitrogens with zero attached hydrogens (tertiary/aromatic N) is 4. The molecular formula is C33H39Cl2FN4O2S. The Morgan fingerprint density at radius 1 is 0.907 bits per heavy atom. The number of likely N-dealkylation sites (N-methyl/N-ethyl adjacent to an activating group) is 1. The molecule has 0 spiro atoms. The SMILES string of the molecule is CCN(CC)CCN(C=O)Cc1ccc(-c2ccc(Cl)cc2)cc1.Cc1cn(C)c(SCc2ccc(F)cc2)nc1=O.Cl. The summed E-state index contributed by atoms with van der Waals surface area (Å²) < 4.78 is 14.6. The lowest BCUT2D eigenvalue weighted by molar-refractivity contribution is -0.118. The van der Waals surface area contributed by atoms with Crippen LogP contribution in [0.25, 0.3) is 11.1 Å². The van der Waals surface area contributed by atoms with Crippen LogP contribution < -0.4 is 5.56 Å². The van der Waals surface area contributed by atoms with E-state index in [1.54, 1.807) is 25.3 Å². The standard InChI is InChI=1S/C20H25ClN2O.C13H13FN2OS.ClH/c1-3-22(4-2)13-14-23(16-24)15-17-5-7-18(8-6-17)19-9-11-20(21)12-10-19;1-9-7-16(2)13(15-12(9)17)18-8-10-3-5-11(14)6-4-10;/h5-12,16H,3-4,13-15H2,1-2H3;3-7H,8H2,1-2H3;1H. The van der Waals surface area contributed by atoms with Crippen LogP contribution in [0.1, 0.15) is 30.5 Å². The minimum atomic E-state index is -0.246. The van der Waals surface area contributed by atoms with Crippen molar-refractivity contribution in [1.82, 2.24) is 19.4 Å². The zero-order valence-electron chi connectivity index (χ0n) is 25.0. The molecule has 0 aliphatic carbocycles. The summed E-state index contributed by atoms with van der Waals surface area (Å²) in [6.45, 7) is 10.4. The molecule has 0 fully saturated rings. The first-order valence-electron chi connectivity index (χ1n) is 13.9. The molecule has 1 heterocycles. The Balaban J connectivity index is 0.000000304. The molecule has 4 aromatic rings. The van der Waals surface area contributed by atoms with Crippen molar-refractivity contribution < 1.29 is 9.18 Å². The van der Waals surface area contributed by atoms with Crippen molar-refractivity contribution in [2.75, 3.05) is 26.2 Å². The maximum absolute atomic E-state index is 12.7. The number of carbonyl (C=O) groups is 1. The van der Waals surface area contributed by atoms with Gasteiger partial charge in [-0.15, -0.1) is 12.4 Å². The van der Waals surface area contributed by atoms with Gasteiger partial charge in [0.15, 0.2) is 5.16 Å². The Kier molecular flexibility index (Phi) is 15.5. The van der Waals surface area contributed by atoms with Crippen LogP contribution in [0.3, 0.4) is 0 Å². The fourth-order valence-electron chi connectivity index (χ4n) is 4.18. The van der Waals surface area contributed by atoms with Gasteiger partial charge < -0.3 is 14.4 Å². The highest BCUT2D eigenvalue weighted by molar-refractivity contribution is 7.98. The summed E-state index contributed by atoms with van der Waals surface area (Å²) in [5, 5.41) is 1.40. The molecule has 1 aromatic heterocycles. The van der Waals surface area contributed by atoms with E-state index in [2.05, 4.69) is 48.0 Å². The molecule has 0 radical (unpaired) electrons. The van der Waals surface area contributed by atoms with Gasteiger partial charge in [0, 0.05) is 49.2 Å². The van der Waals surface area contributed by atoms with Crippen LogP contribution in [0.5, 0.6) is 0 Å². The third-order valence-corrected chi connectivity index (χ3v) is 8.14. The van der Waals surface area contributed by atoms with E-state index in [1.165, 1.54) is 23.9 Å². The van der Waals surface area contributed by atoms with Gasteiger partial charge in [-0.3, -0.25) is 9.59 Å².